The molecule has 0 aromatic heterocycles. The van der Waals surface area contributed by atoms with Crippen LogP contribution in [0.1, 0.15) is 47.0 Å². The number of nitrogens with one attached hydrogen (secondary N) is 1. The summed E-state index contributed by atoms with van der Waals surface area (Å²) in [4.78, 5) is 17.2. The van der Waals surface area contributed by atoms with Gasteiger partial charge in [-0.1, -0.05) is 27.7 Å². The largest absolute Gasteiger partial charge is 0.321 e. The van der Waals surface area contributed by atoms with Gasteiger partial charge in [-0.15, -0.1) is 0 Å². The van der Waals surface area contributed by atoms with E-state index < -0.39 is 0 Å². The van der Waals surface area contributed by atoms with Gasteiger partial charge in [-0.25, -0.2) is 0 Å². The minimum atomic E-state index is 0.0319. The maximum atomic E-state index is 12.6. The number of likely N-dealkylation sites (N-methyl/N-ethyl adjacent to an activating group) is 1. The van der Waals surface area contributed by atoms with Crippen molar-refractivity contribution in [3.05, 3.63) is 0 Å². The Morgan fingerprint density at radius 2 is 2.11 bits per heavy atom. The van der Waals surface area contributed by atoms with Crippen LogP contribution in [0.25, 0.3) is 0 Å². The maximum Gasteiger partial charge on any atom is 0.241 e. The fourth-order valence-electron chi connectivity index (χ4n) is 3.43. The highest BCUT2D eigenvalue weighted by atomic mass is 16.2. The lowest BCUT2D eigenvalue weighted by Crippen LogP contribution is -2.53. The number of amides is 1. The molecule has 4 heteroatoms. The summed E-state index contributed by atoms with van der Waals surface area (Å²) in [7, 11) is 0. The van der Waals surface area contributed by atoms with Crippen LogP contribution in [0, 0.1) is 5.92 Å². The summed E-state index contributed by atoms with van der Waals surface area (Å²) in [6.07, 6.45) is 3.48. The lowest BCUT2D eigenvalue weighted by atomic mass is 10.0. The highest BCUT2D eigenvalue weighted by Crippen LogP contribution is 2.26. The molecule has 0 aliphatic carbocycles. The van der Waals surface area contributed by atoms with E-state index in [1.54, 1.807) is 0 Å². The summed E-state index contributed by atoms with van der Waals surface area (Å²) in [6.45, 7) is 12.0. The topological polar surface area (TPSA) is 35.6 Å². The number of hydrogen-bond acceptors (Lipinski definition) is 3. The van der Waals surface area contributed by atoms with Gasteiger partial charge in [-0.05, 0) is 38.3 Å². The Balaban J connectivity index is 2.12. The Labute approximate surface area is 117 Å². The smallest absolute Gasteiger partial charge is 0.241 e. The monoisotopic (exact) mass is 267 g/mol. The van der Waals surface area contributed by atoms with Crippen LogP contribution in [-0.2, 0) is 4.79 Å². The molecule has 1 amide bonds. The maximum absolute atomic E-state index is 12.6. The number of nitrogens with zero attached hydrogens (tertiary/aromatic N) is 2. The van der Waals surface area contributed by atoms with Crippen molar-refractivity contribution in [2.45, 2.75) is 65.2 Å². The number of piperidine rings is 1. The molecule has 1 N–H and O–H groups in total. The fraction of sp³-hybridized carbons (Fsp3) is 0.933. The van der Waals surface area contributed by atoms with Crippen LogP contribution in [0.15, 0.2) is 0 Å². The first-order chi connectivity index (χ1) is 9.08. The summed E-state index contributed by atoms with van der Waals surface area (Å²) in [5, 5.41) is 3.53. The molecule has 0 aromatic carbocycles. The second kappa shape index (κ2) is 6.23. The predicted molar refractivity (Wildman–Crippen MR) is 77.8 cm³/mol. The van der Waals surface area contributed by atoms with Crippen molar-refractivity contribution in [2.75, 3.05) is 19.6 Å². The quantitative estimate of drug-likeness (QED) is 0.841. The van der Waals surface area contributed by atoms with Gasteiger partial charge in [0.25, 0.3) is 0 Å². The van der Waals surface area contributed by atoms with Crippen molar-refractivity contribution < 1.29 is 4.79 Å². The molecule has 0 radical (unpaired) electrons. The van der Waals surface area contributed by atoms with Crippen LogP contribution < -0.4 is 5.32 Å². The van der Waals surface area contributed by atoms with E-state index in [9.17, 15) is 4.79 Å². The Morgan fingerprint density at radius 1 is 1.37 bits per heavy atom. The van der Waals surface area contributed by atoms with E-state index in [2.05, 4.69) is 42.8 Å². The predicted octanol–water partition coefficient (Wildman–Crippen LogP) is 1.66. The van der Waals surface area contributed by atoms with E-state index in [0.29, 0.717) is 17.9 Å². The van der Waals surface area contributed by atoms with E-state index in [1.807, 2.05) is 0 Å². The molecule has 2 rings (SSSR count). The number of hydrogen-bond donors (Lipinski definition) is 1. The van der Waals surface area contributed by atoms with Crippen LogP contribution in [-0.4, -0.2) is 53.6 Å². The molecule has 4 nitrogen and oxygen atoms in total. The summed E-state index contributed by atoms with van der Waals surface area (Å²) >= 11 is 0. The lowest BCUT2D eigenvalue weighted by molar-refractivity contribution is -0.134. The number of rotatable bonds is 4. The molecule has 0 aromatic rings. The number of carbonyl (C=O) groups excluding carboxylic acids is 1. The Morgan fingerprint density at radius 3 is 2.68 bits per heavy atom. The van der Waals surface area contributed by atoms with Crippen molar-refractivity contribution in [3.63, 3.8) is 0 Å². The Hall–Kier alpha value is -0.610. The van der Waals surface area contributed by atoms with E-state index in [-0.39, 0.29) is 12.2 Å². The summed E-state index contributed by atoms with van der Waals surface area (Å²) in [6, 6.07) is 0.432. The molecule has 2 saturated heterocycles. The first-order valence-corrected chi connectivity index (χ1v) is 7.89. The third-order valence-electron chi connectivity index (χ3n) is 4.59. The average Bonchev–Trinajstić information content (AvgIpc) is 2.76. The van der Waals surface area contributed by atoms with Gasteiger partial charge in [0.2, 0.25) is 5.91 Å². The van der Waals surface area contributed by atoms with Gasteiger partial charge in [-0.2, -0.15) is 0 Å². The summed E-state index contributed by atoms with van der Waals surface area (Å²) in [5.41, 5.74) is 0. The van der Waals surface area contributed by atoms with Gasteiger partial charge >= 0.3 is 0 Å². The first kappa shape index (κ1) is 14.8. The van der Waals surface area contributed by atoms with E-state index in [4.69, 9.17) is 0 Å². The molecule has 3 unspecified atom stereocenters. The van der Waals surface area contributed by atoms with Crippen molar-refractivity contribution >= 4 is 5.91 Å². The molecular formula is C15H29N3O. The molecule has 19 heavy (non-hydrogen) atoms. The van der Waals surface area contributed by atoms with Gasteiger partial charge in [0.05, 0.1) is 12.2 Å². The third-order valence-corrected chi connectivity index (χ3v) is 4.59. The average molecular weight is 267 g/mol. The van der Waals surface area contributed by atoms with Crippen LogP contribution in [0.2, 0.25) is 0 Å². The summed E-state index contributed by atoms with van der Waals surface area (Å²) < 4.78 is 0. The van der Waals surface area contributed by atoms with Crippen molar-refractivity contribution in [1.29, 1.82) is 0 Å². The first-order valence-electron chi connectivity index (χ1n) is 7.89. The van der Waals surface area contributed by atoms with Gasteiger partial charge < -0.3 is 9.80 Å². The normalized spacial score (nSPS) is 33.4. The third kappa shape index (κ3) is 2.95. The second-order valence-corrected chi connectivity index (χ2v) is 6.25. The highest BCUT2D eigenvalue weighted by molar-refractivity contribution is 5.84. The van der Waals surface area contributed by atoms with Gasteiger partial charge in [-0.3, -0.25) is 10.1 Å². The Kier molecular flexibility index (Phi) is 4.85. The fourth-order valence-corrected chi connectivity index (χ4v) is 3.43. The minimum absolute atomic E-state index is 0.0319. The van der Waals surface area contributed by atoms with E-state index in [1.165, 1.54) is 13.0 Å². The molecule has 0 spiro atoms. The SMILES string of the molecule is CCC1NC(C(C)C)N(C2CCCN(CC)C2)C1=O. The van der Waals surface area contributed by atoms with Crippen LogP contribution in [0.5, 0.6) is 0 Å². The van der Waals surface area contributed by atoms with Crippen molar-refractivity contribution in [2.24, 2.45) is 5.92 Å². The molecule has 110 valence electrons. The van der Waals surface area contributed by atoms with Gasteiger partial charge in [0, 0.05) is 12.6 Å². The van der Waals surface area contributed by atoms with Gasteiger partial charge in [0.1, 0.15) is 0 Å². The lowest BCUT2D eigenvalue weighted by Gasteiger charge is -2.40. The zero-order valence-electron chi connectivity index (χ0n) is 12.9. The minimum Gasteiger partial charge on any atom is -0.321 e. The second-order valence-electron chi connectivity index (χ2n) is 6.25. The van der Waals surface area contributed by atoms with E-state index >= 15 is 0 Å². The molecule has 2 heterocycles. The molecule has 3 atom stereocenters. The molecule has 0 bridgehead atoms. The van der Waals surface area contributed by atoms with E-state index in [0.717, 1.165) is 25.9 Å². The highest BCUT2D eigenvalue weighted by Gasteiger charge is 2.43. The molecule has 2 aliphatic rings. The van der Waals surface area contributed by atoms with Crippen LogP contribution in [0.3, 0.4) is 0 Å². The number of carbonyl (C=O) groups is 1. The summed E-state index contributed by atoms with van der Waals surface area (Å²) in [5.74, 6) is 0.793. The molecular weight excluding hydrogens is 238 g/mol. The molecule has 2 fully saturated rings. The van der Waals surface area contributed by atoms with Gasteiger partial charge in [0.15, 0.2) is 0 Å². The Bertz CT molecular complexity index is 319. The standard InChI is InChI=1S/C15H29N3O/c1-5-13-15(19)18(14(16-13)11(3)4)12-8-7-9-17(6-2)10-12/h11-14,16H,5-10H2,1-4H3. The molecule has 2 aliphatic heterocycles. The van der Waals surface area contributed by atoms with Crippen molar-refractivity contribution in [1.82, 2.24) is 15.1 Å². The number of likely N-dealkylation sites (tertiary alicyclic amines) is 1. The van der Waals surface area contributed by atoms with Crippen molar-refractivity contribution in [3.8, 4) is 0 Å². The van der Waals surface area contributed by atoms with Crippen LogP contribution >= 0.6 is 0 Å². The zero-order chi connectivity index (χ0) is 14.0. The zero-order valence-corrected chi connectivity index (χ0v) is 12.9. The van der Waals surface area contributed by atoms with Crippen LogP contribution in [0.4, 0.5) is 0 Å². The molecule has 0 saturated carbocycles.